The SMILES string of the molecule is c1ccc(-c2nc(-c3ccc4ccccc4c3)nc(-c3ccc4c(c3)c3ccccc3c3c5ccccc5oc43)n2)cc1. The van der Waals surface area contributed by atoms with Crippen LogP contribution in [0.1, 0.15) is 0 Å². The molecule has 0 fully saturated rings. The van der Waals surface area contributed by atoms with Crippen molar-refractivity contribution in [2.24, 2.45) is 0 Å². The predicted octanol–water partition coefficient (Wildman–Crippen LogP) is 10.2. The first-order valence-electron chi connectivity index (χ1n) is 14.4. The van der Waals surface area contributed by atoms with Crippen LogP contribution < -0.4 is 0 Å². The number of fused-ring (bicyclic) bond motifs is 9. The molecule has 43 heavy (non-hydrogen) atoms. The van der Waals surface area contributed by atoms with E-state index in [2.05, 4.69) is 97.1 Å². The van der Waals surface area contributed by atoms with Crippen molar-refractivity contribution in [1.29, 1.82) is 0 Å². The van der Waals surface area contributed by atoms with E-state index in [-0.39, 0.29) is 0 Å². The molecule has 0 spiro atoms. The highest BCUT2D eigenvalue weighted by atomic mass is 16.3. The number of furan rings is 1. The molecule has 0 aliphatic carbocycles. The van der Waals surface area contributed by atoms with E-state index in [0.29, 0.717) is 17.5 Å². The maximum absolute atomic E-state index is 6.47. The Bertz CT molecular complexity index is 2510. The molecule has 2 heterocycles. The van der Waals surface area contributed by atoms with Gasteiger partial charge < -0.3 is 4.42 Å². The molecule has 2 aromatic heterocycles. The van der Waals surface area contributed by atoms with Crippen LogP contribution in [0.2, 0.25) is 0 Å². The molecule has 0 unspecified atom stereocenters. The Hall–Kier alpha value is -5.87. The van der Waals surface area contributed by atoms with Crippen molar-refractivity contribution in [1.82, 2.24) is 15.0 Å². The van der Waals surface area contributed by atoms with E-state index >= 15 is 0 Å². The number of hydrogen-bond acceptors (Lipinski definition) is 4. The number of nitrogens with zero attached hydrogens (tertiary/aromatic N) is 3. The van der Waals surface area contributed by atoms with Gasteiger partial charge in [0.25, 0.3) is 0 Å². The van der Waals surface area contributed by atoms with Crippen LogP contribution >= 0.6 is 0 Å². The van der Waals surface area contributed by atoms with Crippen molar-refractivity contribution >= 4 is 54.3 Å². The first-order valence-corrected chi connectivity index (χ1v) is 14.4. The first kappa shape index (κ1) is 23.8. The van der Waals surface area contributed by atoms with Gasteiger partial charge in [-0.25, -0.2) is 15.0 Å². The molecule has 9 rings (SSSR count). The van der Waals surface area contributed by atoms with Crippen LogP contribution in [0, 0.1) is 0 Å². The second-order valence-electron chi connectivity index (χ2n) is 10.8. The molecule has 200 valence electrons. The van der Waals surface area contributed by atoms with Crippen LogP contribution in [0.25, 0.3) is 88.4 Å². The summed E-state index contributed by atoms with van der Waals surface area (Å²) in [7, 11) is 0. The highest BCUT2D eigenvalue weighted by Crippen LogP contribution is 2.41. The zero-order valence-electron chi connectivity index (χ0n) is 23.0. The summed E-state index contributed by atoms with van der Waals surface area (Å²) in [5.41, 5.74) is 4.62. The van der Waals surface area contributed by atoms with Gasteiger partial charge in [-0.1, -0.05) is 115 Å². The molecule has 4 nitrogen and oxygen atoms in total. The number of para-hydroxylation sites is 1. The van der Waals surface area contributed by atoms with Crippen molar-refractivity contribution in [2.75, 3.05) is 0 Å². The molecule has 0 aliphatic rings. The Labute approximate surface area is 246 Å². The quantitative estimate of drug-likeness (QED) is 0.206. The second-order valence-corrected chi connectivity index (χ2v) is 10.8. The maximum atomic E-state index is 6.47. The summed E-state index contributed by atoms with van der Waals surface area (Å²) in [6, 6.07) is 48.0. The summed E-state index contributed by atoms with van der Waals surface area (Å²) in [6.07, 6.45) is 0. The molecule has 0 amide bonds. The molecule has 4 heteroatoms. The zero-order chi connectivity index (χ0) is 28.3. The van der Waals surface area contributed by atoms with E-state index in [1.54, 1.807) is 0 Å². The van der Waals surface area contributed by atoms with E-state index in [4.69, 9.17) is 19.4 Å². The molecular weight excluding hydrogens is 526 g/mol. The third-order valence-corrected chi connectivity index (χ3v) is 8.28. The number of benzene rings is 7. The molecule has 9 aromatic rings. The normalized spacial score (nSPS) is 11.7. The minimum Gasteiger partial charge on any atom is -0.455 e. The first-order chi connectivity index (χ1) is 21.3. The van der Waals surface area contributed by atoms with Gasteiger partial charge in [-0.3, -0.25) is 0 Å². The Morgan fingerprint density at radius 2 is 0.977 bits per heavy atom. The maximum Gasteiger partial charge on any atom is 0.164 e. The molecule has 0 bridgehead atoms. The third kappa shape index (κ3) is 3.81. The van der Waals surface area contributed by atoms with E-state index < -0.39 is 0 Å². The van der Waals surface area contributed by atoms with Gasteiger partial charge in [0.05, 0.1) is 0 Å². The molecule has 0 atom stereocenters. The Kier molecular flexibility index (Phi) is 5.16. The van der Waals surface area contributed by atoms with Crippen molar-refractivity contribution in [3.8, 4) is 34.2 Å². The fourth-order valence-electron chi connectivity index (χ4n) is 6.22. The lowest BCUT2D eigenvalue weighted by Crippen LogP contribution is -2.00. The van der Waals surface area contributed by atoms with Gasteiger partial charge in [0.2, 0.25) is 0 Å². The largest absolute Gasteiger partial charge is 0.455 e. The van der Waals surface area contributed by atoms with E-state index in [1.165, 1.54) is 16.2 Å². The van der Waals surface area contributed by atoms with Gasteiger partial charge >= 0.3 is 0 Å². The minimum absolute atomic E-state index is 0.632. The molecule has 7 aromatic carbocycles. The summed E-state index contributed by atoms with van der Waals surface area (Å²) in [5.74, 6) is 1.92. The highest BCUT2D eigenvalue weighted by Gasteiger charge is 2.18. The van der Waals surface area contributed by atoms with Crippen LogP contribution in [0.5, 0.6) is 0 Å². The van der Waals surface area contributed by atoms with Crippen molar-refractivity contribution < 1.29 is 4.42 Å². The van der Waals surface area contributed by atoms with Crippen LogP contribution in [0.15, 0.2) is 144 Å². The minimum atomic E-state index is 0.632. The summed E-state index contributed by atoms with van der Waals surface area (Å²) in [4.78, 5) is 15.0. The lowest BCUT2D eigenvalue weighted by molar-refractivity contribution is 0.673. The summed E-state index contributed by atoms with van der Waals surface area (Å²) < 4.78 is 6.47. The van der Waals surface area contributed by atoms with Gasteiger partial charge in [-0.2, -0.15) is 0 Å². The summed E-state index contributed by atoms with van der Waals surface area (Å²) in [6.45, 7) is 0. The Morgan fingerprint density at radius 1 is 0.372 bits per heavy atom. The van der Waals surface area contributed by atoms with Gasteiger partial charge in [0, 0.05) is 32.8 Å². The third-order valence-electron chi connectivity index (χ3n) is 8.28. The second kappa shape index (κ2) is 9.33. The lowest BCUT2D eigenvalue weighted by Gasteiger charge is -2.11. The highest BCUT2D eigenvalue weighted by molar-refractivity contribution is 6.30. The van der Waals surface area contributed by atoms with E-state index in [1.807, 2.05) is 42.5 Å². The fraction of sp³-hybridized carbons (Fsp3) is 0. The number of hydrogen-bond donors (Lipinski definition) is 0. The molecular formula is C39H23N3O. The lowest BCUT2D eigenvalue weighted by atomic mass is 9.95. The average Bonchev–Trinajstić information content (AvgIpc) is 3.48. The molecule has 0 N–H and O–H groups in total. The number of aromatic nitrogens is 3. The standard InChI is InChI=1S/C39H23N3O/c1-2-11-25(12-3-1)37-40-38(27-19-18-24-10-4-5-13-26(24)22-27)42-39(41-37)28-20-21-31-33(23-28)29-14-6-7-15-30(29)35-32-16-8-9-17-34(32)43-36(31)35/h1-23H. The fourth-order valence-corrected chi connectivity index (χ4v) is 6.22. The van der Waals surface area contributed by atoms with E-state index in [0.717, 1.165) is 54.8 Å². The van der Waals surface area contributed by atoms with Crippen molar-refractivity contribution in [3.05, 3.63) is 140 Å². The zero-order valence-corrected chi connectivity index (χ0v) is 23.0. The monoisotopic (exact) mass is 549 g/mol. The summed E-state index contributed by atoms with van der Waals surface area (Å²) in [5, 5.41) is 9.13. The van der Waals surface area contributed by atoms with Gasteiger partial charge in [0.15, 0.2) is 17.5 Å². The molecule has 0 aliphatic heterocycles. The van der Waals surface area contributed by atoms with Gasteiger partial charge in [0.1, 0.15) is 11.2 Å². The van der Waals surface area contributed by atoms with Crippen LogP contribution in [0.3, 0.4) is 0 Å². The molecule has 0 radical (unpaired) electrons. The summed E-state index contributed by atoms with van der Waals surface area (Å²) >= 11 is 0. The van der Waals surface area contributed by atoms with Crippen LogP contribution in [-0.2, 0) is 0 Å². The van der Waals surface area contributed by atoms with Gasteiger partial charge in [-0.15, -0.1) is 0 Å². The molecule has 0 saturated heterocycles. The van der Waals surface area contributed by atoms with Crippen molar-refractivity contribution in [2.45, 2.75) is 0 Å². The Morgan fingerprint density at radius 3 is 1.79 bits per heavy atom. The molecule has 0 saturated carbocycles. The number of rotatable bonds is 3. The van der Waals surface area contributed by atoms with Gasteiger partial charge in [-0.05, 0) is 51.2 Å². The van der Waals surface area contributed by atoms with Crippen molar-refractivity contribution in [3.63, 3.8) is 0 Å². The predicted molar refractivity (Wildman–Crippen MR) is 176 cm³/mol. The smallest absolute Gasteiger partial charge is 0.164 e. The van der Waals surface area contributed by atoms with Crippen LogP contribution in [-0.4, -0.2) is 15.0 Å². The van der Waals surface area contributed by atoms with Crippen LogP contribution in [0.4, 0.5) is 0 Å². The van der Waals surface area contributed by atoms with E-state index in [9.17, 15) is 0 Å². The Balaban J connectivity index is 1.31. The average molecular weight is 550 g/mol. The topological polar surface area (TPSA) is 51.8 Å².